The minimum absolute atomic E-state index is 0.00299. The number of pyridine rings is 1. The topological polar surface area (TPSA) is 66.9 Å². The van der Waals surface area contributed by atoms with Crippen LogP contribution in [0.2, 0.25) is 0 Å². The highest BCUT2D eigenvalue weighted by molar-refractivity contribution is 7.13. The van der Waals surface area contributed by atoms with Crippen LogP contribution in [0.25, 0.3) is 10.6 Å². The summed E-state index contributed by atoms with van der Waals surface area (Å²) in [6, 6.07) is 1.11. The lowest BCUT2D eigenvalue weighted by Crippen LogP contribution is -2.35. The highest BCUT2D eigenvalue weighted by Crippen LogP contribution is 2.33. The molecule has 2 amide bonds. The van der Waals surface area contributed by atoms with Gasteiger partial charge in [0.2, 0.25) is 0 Å². The van der Waals surface area contributed by atoms with Gasteiger partial charge in [-0.05, 0) is 19.4 Å². The van der Waals surface area contributed by atoms with Gasteiger partial charge in [-0.3, -0.25) is 5.32 Å². The Balaban J connectivity index is 2.23. The number of nitrogens with one attached hydrogen (secondary N) is 2. The fourth-order valence-corrected chi connectivity index (χ4v) is 2.74. The van der Waals surface area contributed by atoms with Crippen LogP contribution in [0, 0.1) is 0 Å². The highest BCUT2D eigenvalue weighted by atomic mass is 32.1. The van der Waals surface area contributed by atoms with E-state index in [2.05, 4.69) is 20.6 Å². The number of thiazole rings is 1. The van der Waals surface area contributed by atoms with Crippen LogP contribution >= 0.6 is 11.3 Å². The van der Waals surface area contributed by atoms with Gasteiger partial charge in [0.1, 0.15) is 18.7 Å². The number of aromatic nitrogens is 2. The molecule has 5 nitrogen and oxygen atoms in total. The molecule has 10 heteroatoms. The van der Waals surface area contributed by atoms with Crippen LogP contribution in [0.1, 0.15) is 26.0 Å². The molecule has 2 heterocycles. The summed E-state index contributed by atoms with van der Waals surface area (Å²) in [6.45, 7) is 3.80. The van der Waals surface area contributed by atoms with Gasteiger partial charge < -0.3 is 5.32 Å². The molecule has 0 bridgehead atoms. The van der Waals surface area contributed by atoms with Crippen molar-refractivity contribution >= 4 is 36.5 Å². The van der Waals surface area contributed by atoms with Crippen LogP contribution < -0.4 is 16.1 Å². The van der Waals surface area contributed by atoms with Gasteiger partial charge in [-0.25, -0.2) is 14.8 Å². The molecule has 0 aromatic carbocycles. The number of hydrogen-bond acceptors (Lipinski definition) is 4. The summed E-state index contributed by atoms with van der Waals surface area (Å²) in [4.78, 5) is 19.5. The molecule has 0 aliphatic rings. The second kappa shape index (κ2) is 7.21. The molecule has 128 valence electrons. The maximum atomic E-state index is 12.7. The third kappa shape index (κ3) is 4.47. The molecular formula is C14H16BF3N4OS. The number of carbonyl (C=O) groups excluding carboxylic acids is 1. The van der Waals surface area contributed by atoms with Crippen molar-refractivity contribution in [3.05, 3.63) is 23.3 Å². The molecule has 0 aliphatic heterocycles. The van der Waals surface area contributed by atoms with Crippen molar-refractivity contribution in [2.45, 2.75) is 32.5 Å². The quantitative estimate of drug-likeness (QED) is 0.827. The van der Waals surface area contributed by atoms with E-state index in [0.717, 1.165) is 23.1 Å². The van der Waals surface area contributed by atoms with E-state index in [1.165, 1.54) is 12.3 Å². The summed E-state index contributed by atoms with van der Waals surface area (Å²) in [5, 5.41) is 6.50. The molecule has 0 saturated carbocycles. The SMILES string of the molecule is Bc1cnc(NC(=O)NC(C)CC)cc1-c1nc(C(F)(F)F)cs1. The minimum Gasteiger partial charge on any atom is -0.335 e. The Bertz CT molecular complexity index is 735. The number of nitrogens with zero attached hydrogens (tertiary/aromatic N) is 2. The number of anilines is 1. The lowest BCUT2D eigenvalue weighted by atomic mass is 9.93. The zero-order valence-corrected chi connectivity index (χ0v) is 14.2. The van der Waals surface area contributed by atoms with Gasteiger partial charge in [0.25, 0.3) is 0 Å². The first-order valence-corrected chi connectivity index (χ1v) is 8.16. The first-order chi connectivity index (χ1) is 11.2. The van der Waals surface area contributed by atoms with Crippen molar-refractivity contribution < 1.29 is 18.0 Å². The van der Waals surface area contributed by atoms with Crippen molar-refractivity contribution in [3.8, 4) is 10.6 Å². The highest BCUT2D eigenvalue weighted by Gasteiger charge is 2.34. The largest absolute Gasteiger partial charge is 0.434 e. The number of alkyl halides is 3. The maximum absolute atomic E-state index is 12.7. The van der Waals surface area contributed by atoms with Crippen molar-refractivity contribution in [1.82, 2.24) is 15.3 Å². The molecule has 0 aliphatic carbocycles. The van der Waals surface area contributed by atoms with Crippen LogP contribution in [0.5, 0.6) is 0 Å². The third-order valence-electron chi connectivity index (χ3n) is 3.36. The predicted octanol–water partition coefficient (Wildman–Crippen LogP) is 2.40. The molecule has 0 saturated heterocycles. The first kappa shape index (κ1) is 18.2. The van der Waals surface area contributed by atoms with Gasteiger partial charge in [-0.1, -0.05) is 12.4 Å². The normalized spacial score (nSPS) is 12.7. The predicted molar refractivity (Wildman–Crippen MR) is 90.4 cm³/mol. The molecule has 1 atom stereocenters. The summed E-state index contributed by atoms with van der Waals surface area (Å²) in [7, 11) is 1.72. The van der Waals surface area contributed by atoms with E-state index >= 15 is 0 Å². The molecule has 24 heavy (non-hydrogen) atoms. The Hall–Kier alpha value is -2.10. The number of halogens is 3. The van der Waals surface area contributed by atoms with Crippen LogP contribution in [-0.2, 0) is 6.18 Å². The van der Waals surface area contributed by atoms with E-state index in [1.54, 1.807) is 7.85 Å². The number of rotatable bonds is 4. The summed E-state index contributed by atoms with van der Waals surface area (Å²) in [5.41, 5.74) is 0.248. The van der Waals surface area contributed by atoms with Crippen molar-refractivity contribution in [3.63, 3.8) is 0 Å². The van der Waals surface area contributed by atoms with Crippen LogP contribution in [0.15, 0.2) is 17.6 Å². The van der Waals surface area contributed by atoms with Gasteiger partial charge in [0.05, 0.1) is 0 Å². The van der Waals surface area contributed by atoms with E-state index < -0.39 is 17.9 Å². The van der Waals surface area contributed by atoms with Crippen molar-refractivity contribution in [2.75, 3.05) is 5.32 Å². The third-order valence-corrected chi connectivity index (χ3v) is 4.24. The van der Waals surface area contributed by atoms with Gasteiger partial charge in [0.15, 0.2) is 5.69 Å². The lowest BCUT2D eigenvalue weighted by Gasteiger charge is -2.13. The van der Waals surface area contributed by atoms with E-state index in [-0.39, 0.29) is 16.9 Å². The Kier molecular flexibility index (Phi) is 5.48. The van der Waals surface area contributed by atoms with E-state index in [4.69, 9.17) is 0 Å². The summed E-state index contributed by atoms with van der Waals surface area (Å²) in [6.07, 6.45) is -2.21. The van der Waals surface area contributed by atoms with Gasteiger partial charge in [-0.15, -0.1) is 11.3 Å². The fourth-order valence-electron chi connectivity index (χ4n) is 1.83. The zero-order chi connectivity index (χ0) is 17.9. The van der Waals surface area contributed by atoms with Gasteiger partial charge in [-0.2, -0.15) is 13.2 Å². The van der Waals surface area contributed by atoms with E-state index in [0.29, 0.717) is 11.0 Å². The van der Waals surface area contributed by atoms with Gasteiger partial charge in [0, 0.05) is 23.2 Å². The van der Waals surface area contributed by atoms with Crippen LogP contribution in [0.3, 0.4) is 0 Å². The Labute approximate surface area is 142 Å². The molecular weight excluding hydrogens is 340 g/mol. The summed E-state index contributed by atoms with van der Waals surface area (Å²) >= 11 is 0.898. The smallest absolute Gasteiger partial charge is 0.335 e. The fraction of sp³-hybridized carbons (Fsp3) is 0.357. The number of amides is 2. The van der Waals surface area contributed by atoms with E-state index in [1.807, 2.05) is 13.8 Å². The second-order valence-corrected chi connectivity index (χ2v) is 6.19. The van der Waals surface area contributed by atoms with Crippen LogP contribution in [-0.4, -0.2) is 29.9 Å². The minimum atomic E-state index is -4.48. The Morgan fingerprint density at radius 2 is 2.17 bits per heavy atom. The molecule has 0 radical (unpaired) electrons. The molecule has 0 spiro atoms. The second-order valence-electron chi connectivity index (χ2n) is 5.33. The van der Waals surface area contributed by atoms with Crippen molar-refractivity contribution in [2.24, 2.45) is 0 Å². The molecule has 0 fully saturated rings. The standard InChI is InChI=1S/C14H16BF3N4OS/c1-3-7(2)20-13(23)22-11-4-8(9(15)5-19-11)12-21-10(6-24-12)14(16,17)18/h4-7H,3,15H2,1-2H3,(H2,19,20,22,23). The number of hydrogen-bond donors (Lipinski definition) is 2. The Morgan fingerprint density at radius 3 is 2.75 bits per heavy atom. The number of carbonyl (C=O) groups is 1. The average Bonchev–Trinajstić information content (AvgIpc) is 2.98. The van der Waals surface area contributed by atoms with E-state index in [9.17, 15) is 18.0 Å². The number of urea groups is 1. The monoisotopic (exact) mass is 356 g/mol. The average molecular weight is 356 g/mol. The molecule has 1 unspecified atom stereocenters. The molecule has 2 rings (SSSR count). The maximum Gasteiger partial charge on any atom is 0.434 e. The molecule has 2 aromatic rings. The molecule has 2 aromatic heterocycles. The van der Waals surface area contributed by atoms with Crippen molar-refractivity contribution in [1.29, 1.82) is 0 Å². The summed E-state index contributed by atoms with van der Waals surface area (Å²) < 4.78 is 38.1. The van der Waals surface area contributed by atoms with Gasteiger partial charge >= 0.3 is 12.2 Å². The van der Waals surface area contributed by atoms with Crippen LogP contribution in [0.4, 0.5) is 23.8 Å². The summed E-state index contributed by atoms with van der Waals surface area (Å²) in [5.74, 6) is 0.250. The lowest BCUT2D eigenvalue weighted by molar-refractivity contribution is -0.140. The Morgan fingerprint density at radius 1 is 1.46 bits per heavy atom. The first-order valence-electron chi connectivity index (χ1n) is 7.28. The zero-order valence-electron chi connectivity index (χ0n) is 13.4. The molecule has 2 N–H and O–H groups in total.